The Morgan fingerprint density at radius 2 is 1.83 bits per heavy atom. The molecule has 29 heavy (non-hydrogen) atoms. The molecule has 172 valence electrons. The quantitative estimate of drug-likeness (QED) is 0.304. The van der Waals surface area contributed by atoms with E-state index in [4.69, 9.17) is 14.5 Å². The van der Waals surface area contributed by atoms with Crippen LogP contribution in [0.4, 0.5) is 0 Å². The number of guanidine groups is 1. The molecule has 0 saturated carbocycles. The van der Waals surface area contributed by atoms with E-state index < -0.39 is 0 Å². The van der Waals surface area contributed by atoms with Crippen molar-refractivity contribution in [2.75, 3.05) is 52.5 Å². The molecule has 0 radical (unpaired) electrons. The number of ether oxygens (including phenoxy) is 2. The van der Waals surface area contributed by atoms with E-state index in [1.54, 1.807) is 0 Å². The Bertz CT molecular complexity index is 476. The number of hydrogen-bond donors (Lipinski definition) is 2. The van der Waals surface area contributed by atoms with Crippen molar-refractivity contribution in [1.29, 1.82) is 0 Å². The van der Waals surface area contributed by atoms with Crippen LogP contribution < -0.4 is 10.6 Å². The van der Waals surface area contributed by atoms with E-state index in [1.165, 1.54) is 6.42 Å². The summed E-state index contributed by atoms with van der Waals surface area (Å²) >= 11 is 0. The number of aliphatic imine (C=N–C) groups is 1. The smallest absolute Gasteiger partial charge is 0.191 e. The van der Waals surface area contributed by atoms with Gasteiger partial charge in [-0.2, -0.15) is 0 Å². The molecule has 2 fully saturated rings. The fraction of sp³-hybridized carbons (Fsp3) is 0.955. The maximum absolute atomic E-state index is 6.14. The highest BCUT2D eigenvalue weighted by atomic mass is 127. The lowest BCUT2D eigenvalue weighted by molar-refractivity contribution is -0.0835. The summed E-state index contributed by atoms with van der Waals surface area (Å²) in [5.74, 6) is 2.03. The highest BCUT2D eigenvalue weighted by Crippen LogP contribution is 2.33. The van der Waals surface area contributed by atoms with Crippen LogP contribution in [0.25, 0.3) is 0 Å². The molecule has 0 aromatic heterocycles. The van der Waals surface area contributed by atoms with Crippen molar-refractivity contribution in [1.82, 2.24) is 15.5 Å². The second kappa shape index (κ2) is 13.3. The van der Waals surface area contributed by atoms with Gasteiger partial charge in [0, 0.05) is 44.7 Å². The number of nitrogens with one attached hydrogen (secondary N) is 2. The maximum Gasteiger partial charge on any atom is 0.191 e. The Hall–Kier alpha value is -0.120. The van der Waals surface area contributed by atoms with Crippen LogP contribution in [0, 0.1) is 17.3 Å². The summed E-state index contributed by atoms with van der Waals surface area (Å²) in [6.45, 7) is 20.7. The summed E-state index contributed by atoms with van der Waals surface area (Å²) < 4.78 is 11.7. The molecule has 0 bridgehead atoms. The fourth-order valence-electron chi connectivity index (χ4n) is 4.42. The molecule has 7 heteroatoms. The van der Waals surface area contributed by atoms with Crippen molar-refractivity contribution < 1.29 is 9.47 Å². The highest BCUT2D eigenvalue weighted by Gasteiger charge is 2.35. The first kappa shape index (κ1) is 26.9. The predicted octanol–water partition coefficient (Wildman–Crippen LogP) is 3.36. The average molecular weight is 525 g/mol. The lowest BCUT2D eigenvalue weighted by atomic mass is 9.78. The van der Waals surface area contributed by atoms with E-state index in [9.17, 15) is 0 Å². The number of rotatable bonds is 7. The molecule has 0 spiro atoms. The summed E-state index contributed by atoms with van der Waals surface area (Å²) in [5, 5.41) is 7.03. The van der Waals surface area contributed by atoms with Crippen molar-refractivity contribution in [3.63, 3.8) is 0 Å². The van der Waals surface area contributed by atoms with Gasteiger partial charge in [0.15, 0.2) is 5.96 Å². The van der Waals surface area contributed by atoms with E-state index in [-0.39, 0.29) is 29.4 Å². The molecule has 3 unspecified atom stereocenters. The van der Waals surface area contributed by atoms with Crippen LogP contribution in [0.1, 0.15) is 54.4 Å². The molecule has 6 nitrogen and oxygen atoms in total. The van der Waals surface area contributed by atoms with Gasteiger partial charge in [0.05, 0.1) is 25.9 Å². The predicted molar refractivity (Wildman–Crippen MR) is 132 cm³/mol. The molecular formula is C22H45IN4O2. The van der Waals surface area contributed by atoms with Crippen molar-refractivity contribution in [2.45, 2.75) is 66.5 Å². The largest absolute Gasteiger partial charge is 0.379 e. The SMILES string of the molecule is CCNC(=NCC(C(C)C)N1CCOCC1)NCC1CCCOC1C(C)(C)C.I. The van der Waals surface area contributed by atoms with Gasteiger partial charge in [0.25, 0.3) is 0 Å². The van der Waals surface area contributed by atoms with Crippen LogP contribution >= 0.6 is 24.0 Å². The topological polar surface area (TPSA) is 58.1 Å². The Kier molecular flexibility index (Phi) is 12.4. The van der Waals surface area contributed by atoms with Crippen molar-refractivity contribution in [2.24, 2.45) is 22.2 Å². The van der Waals surface area contributed by atoms with Gasteiger partial charge in [0.2, 0.25) is 0 Å². The Labute approximate surface area is 196 Å². The third kappa shape index (κ3) is 8.87. The number of hydrogen-bond acceptors (Lipinski definition) is 4. The first-order chi connectivity index (χ1) is 13.3. The van der Waals surface area contributed by atoms with Gasteiger partial charge in [-0.05, 0) is 31.1 Å². The van der Waals surface area contributed by atoms with Crippen LogP contribution in [0.2, 0.25) is 0 Å². The summed E-state index contributed by atoms with van der Waals surface area (Å²) in [7, 11) is 0. The minimum Gasteiger partial charge on any atom is -0.379 e. The lowest BCUT2D eigenvalue weighted by Crippen LogP contribution is -2.49. The third-order valence-electron chi connectivity index (χ3n) is 5.89. The minimum atomic E-state index is 0. The van der Waals surface area contributed by atoms with Crippen LogP contribution in [0.15, 0.2) is 4.99 Å². The van der Waals surface area contributed by atoms with E-state index in [2.05, 4.69) is 57.1 Å². The summed E-state index contributed by atoms with van der Waals surface area (Å²) in [5.41, 5.74) is 0.168. The first-order valence-corrected chi connectivity index (χ1v) is 11.3. The van der Waals surface area contributed by atoms with Gasteiger partial charge in [-0.1, -0.05) is 34.6 Å². The van der Waals surface area contributed by atoms with E-state index in [0.717, 1.165) is 64.9 Å². The second-order valence-corrected chi connectivity index (χ2v) is 9.62. The summed E-state index contributed by atoms with van der Waals surface area (Å²) in [6.07, 6.45) is 2.67. The van der Waals surface area contributed by atoms with Crippen LogP contribution in [-0.2, 0) is 9.47 Å². The average Bonchev–Trinajstić information content (AvgIpc) is 2.66. The zero-order valence-corrected chi connectivity index (χ0v) is 21.8. The Balaban J connectivity index is 0.00000420. The molecule has 2 N–H and O–H groups in total. The molecule has 2 aliphatic rings. The zero-order valence-electron chi connectivity index (χ0n) is 19.5. The van der Waals surface area contributed by atoms with Gasteiger partial charge in [-0.15, -0.1) is 24.0 Å². The van der Waals surface area contributed by atoms with Gasteiger partial charge in [-0.3, -0.25) is 9.89 Å². The second-order valence-electron chi connectivity index (χ2n) is 9.62. The van der Waals surface area contributed by atoms with Gasteiger partial charge < -0.3 is 20.1 Å². The molecule has 0 amide bonds. The molecule has 0 aromatic carbocycles. The Morgan fingerprint density at radius 1 is 1.14 bits per heavy atom. The lowest BCUT2D eigenvalue weighted by Gasteiger charge is -2.40. The molecule has 3 atom stereocenters. The summed E-state index contributed by atoms with van der Waals surface area (Å²) in [4.78, 5) is 7.49. The zero-order chi connectivity index (χ0) is 20.6. The monoisotopic (exact) mass is 524 g/mol. The summed E-state index contributed by atoms with van der Waals surface area (Å²) in [6, 6.07) is 0.458. The van der Waals surface area contributed by atoms with Crippen LogP contribution in [0.3, 0.4) is 0 Å². The van der Waals surface area contributed by atoms with Gasteiger partial charge >= 0.3 is 0 Å². The molecule has 2 aliphatic heterocycles. The minimum absolute atomic E-state index is 0. The first-order valence-electron chi connectivity index (χ1n) is 11.3. The fourth-order valence-corrected chi connectivity index (χ4v) is 4.42. The number of nitrogens with zero attached hydrogens (tertiary/aromatic N) is 2. The number of halogens is 1. The molecule has 2 saturated heterocycles. The van der Waals surface area contributed by atoms with Crippen molar-refractivity contribution in [3.05, 3.63) is 0 Å². The van der Waals surface area contributed by atoms with E-state index in [0.29, 0.717) is 24.0 Å². The van der Waals surface area contributed by atoms with E-state index in [1.807, 2.05) is 0 Å². The van der Waals surface area contributed by atoms with Crippen LogP contribution in [-0.4, -0.2) is 75.5 Å². The Morgan fingerprint density at radius 3 is 2.41 bits per heavy atom. The molecular weight excluding hydrogens is 479 g/mol. The molecule has 0 aromatic rings. The molecule has 2 heterocycles. The normalized spacial score (nSPS) is 25.4. The van der Waals surface area contributed by atoms with Gasteiger partial charge in [-0.25, -0.2) is 0 Å². The van der Waals surface area contributed by atoms with E-state index >= 15 is 0 Å². The van der Waals surface area contributed by atoms with Gasteiger partial charge in [0.1, 0.15) is 0 Å². The van der Waals surface area contributed by atoms with Crippen molar-refractivity contribution >= 4 is 29.9 Å². The van der Waals surface area contributed by atoms with Crippen LogP contribution in [0.5, 0.6) is 0 Å². The third-order valence-corrected chi connectivity index (χ3v) is 5.89. The molecule has 2 rings (SSSR count). The maximum atomic E-state index is 6.14. The standard InChI is InChI=1S/C22H44N4O2.HI/c1-7-23-21(24-15-18-9-8-12-28-20(18)22(4,5)6)25-16-19(17(2)3)26-10-13-27-14-11-26;/h17-20H,7-16H2,1-6H3,(H2,23,24,25);1H. The highest BCUT2D eigenvalue weighted by molar-refractivity contribution is 14.0. The number of morpholine rings is 1. The molecule has 0 aliphatic carbocycles. The van der Waals surface area contributed by atoms with Crippen molar-refractivity contribution in [3.8, 4) is 0 Å².